The predicted octanol–water partition coefficient (Wildman–Crippen LogP) is 0.866. The second-order valence-electron chi connectivity index (χ2n) is 3.86. The molecule has 2 rings (SSSR count). The number of carboxylic acids is 2. The molecular weight excluding hydrogens is 302 g/mol. The van der Waals surface area contributed by atoms with Crippen molar-refractivity contribution in [2.24, 2.45) is 5.10 Å². The van der Waals surface area contributed by atoms with E-state index in [1.807, 2.05) is 0 Å². The summed E-state index contributed by atoms with van der Waals surface area (Å²) in [6.07, 6.45) is 0.659. The molecule has 0 amide bonds. The molecule has 0 unspecified atom stereocenters. The van der Waals surface area contributed by atoms with Crippen LogP contribution in [0.15, 0.2) is 16.0 Å². The molecule has 0 spiro atoms. The van der Waals surface area contributed by atoms with E-state index in [-0.39, 0.29) is 17.6 Å². The Hall–Kier alpha value is -2.88. The second-order valence-corrected chi connectivity index (χ2v) is 4.87. The largest absolute Gasteiger partial charge is 0.507 e. The Kier molecular flexibility index (Phi) is 3.89. The van der Waals surface area contributed by atoms with Gasteiger partial charge in [-0.1, -0.05) is 11.3 Å². The van der Waals surface area contributed by atoms with Crippen LogP contribution in [0.5, 0.6) is 5.75 Å². The number of thiazole rings is 1. The number of H-pyrrole nitrogens is 1. The highest BCUT2D eigenvalue weighted by atomic mass is 32.1. The van der Waals surface area contributed by atoms with Crippen molar-refractivity contribution >= 4 is 45.4 Å². The Labute approximate surface area is 120 Å². The summed E-state index contributed by atoms with van der Waals surface area (Å²) < 4.78 is 0.346. The van der Waals surface area contributed by atoms with Crippen LogP contribution < -0.4 is 10.3 Å². The summed E-state index contributed by atoms with van der Waals surface area (Å²) >= 11 is 0.795. The summed E-state index contributed by atoms with van der Waals surface area (Å²) in [5.74, 6) is -3.05. The smallest absolute Gasteiger partial charge is 0.341 e. The molecule has 0 saturated carbocycles. The minimum atomic E-state index is -1.42. The van der Waals surface area contributed by atoms with Crippen LogP contribution in [0.25, 0.3) is 10.2 Å². The first-order valence-corrected chi connectivity index (χ1v) is 6.33. The van der Waals surface area contributed by atoms with Crippen molar-refractivity contribution in [1.82, 2.24) is 4.98 Å². The summed E-state index contributed by atoms with van der Waals surface area (Å²) in [5.41, 5.74) is 1.94. The van der Waals surface area contributed by atoms with E-state index in [4.69, 9.17) is 10.2 Å². The number of benzene rings is 1. The highest BCUT2D eigenvalue weighted by molar-refractivity contribution is 7.16. The number of aromatic hydroxyl groups is 1. The standard InChI is InChI=1S/C11H9N3O6S/c15-4-3-5-8(13-11(20)21-5)9(7(4)10(18)19)14-12-2-1-6(16)17/h2-3,14-15H,1H2,(H,13,20)(H,16,17)(H,18,19). The number of nitrogens with one attached hydrogen (secondary N) is 2. The van der Waals surface area contributed by atoms with Crippen molar-refractivity contribution in [2.75, 3.05) is 5.43 Å². The molecule has 110 valence electrons. The number of hydrogen-bond acceptors (Lipinski definition) is 7. The molecule has 1 heterocycles. The summed E-state index contributed by atoms with van der Waals surface area (Å²) in [5, 5.41) is 30.9. The van der Waals surface area contributed by atoms with Gasteiger partial charge in [0.1, 0.15) is 11.3 Å². The fourth-order valence-electron chi connectivity index (χ4n) is 1.64. The van der Waals surface area contributed by atoms with Gasteiger partial charge in [0, 0.05) is 12.3 Å². The van der Waals surface area contributed by atoms with Gasteiger partial charge in [-0.2, -0.15) is 5.10 Å². The Bertz CT molecular complexity index is 806. The SMILES string of the molecule is O=C(O)CC=NNc1c(C(=O)O)c(O)cc2sc(=O)[nH]c12. The van der Waals surface area contributed by atoms with Crippen molar-refractivity contribution in [1.29, 1.82) is 0 Å². The van der Waals surface area contributed by atoms with E-state index in [9.17, 15) is 19.5 Å². The number of phenols is 1. The molecule has 0 aliphatic heterocycles. The number of anilines is 1. The van der Waals surface area contributed by atoms with Gasteiger partial charge in [0.25, 0.3) is 0 Å². The van der Waals surface area contributed by atoms with Gasteiger partial charge < -0.3 is 20.3 Å². The van der Waals surface area contributed by atoms with Gasteiger partial charge in [0.2, 0.25) is 0 Å². The van der Waals surface area contributed by atoms with Crippen LogP contribution in [-0.4, -0.2) is 38.5 Å². The van der Waals surface area contributed by atoms with Crippen molar-refractivity contribution in [2.45, 2.75) is 6.42 Å². The minimum absolute atomic E-state index is 0.113. The number of aromatic amines is 1. The number of rotatable bonds is 5. The normalized spacial score (nSPS) is 11.0. The van der Waals surface area contributed by atoms with Gasteiger partial charge >= 0.3 is 16.8 Å². The van der Waals surface area contributed by atoms with Crippen molar-refractivity contribution in [3.63, 3.8) is 0 Å². The number of aliphatic carboxylic acids is 1. The molecule has 2 aromatic rings. The van der Waals surface area contributed by atoms with Crippen LogP contribution in [0.4, 0.5) is 5.69 Å². The van der Waals surface area contributed by atoms with E-state index in [0.717, 1.165) is 23.6 Å². The van der Waals surface area contributed by atoms with Gasteiger partial charge in [0.15, 0.2) is 0 Å². The summed E-state index contributed by atoms with van der Waals surface area (Å²) in [6, 6.07) is 1.16. The van der Waals surface area contributed by atoms with Gasteiger partial charge in [-0.3, -0.25) is 15.0 Å². The lowest BCUT2D eigenvalue weighted by molar-refractivity contribution is -0.135. The molecule has 0 radical (unpaired) electrons. The number of hydrazone groups is 1. The average Bonchev–Trinajstić information content (AvgIpc) is 2.73. The van der Waals surface area contributed by atoms with Gasteiger partial charge in [-0.25, -0.2) is 4.79 Å². The average molecular weight is 311 g/mol. The zero-order valence-electron chi connectivity index (χ0n) is 10.3. The van der Waals surface area contributed by atoms with E-state index in [1.165, 1.54) is 0 Å². The molecule has 0 bridgehead atoms. The van der Waals surface area contributed by atoms with Gasteiger partial charge in [-0.05, 0) is 0 Å². The van der Waals surface area contributed by atoms with Crippen LogP contribution >= 0.6 is 11.3 Å². The molecule has 0 atom stereocenters. The molecule has 5 N–H and O–H groups in total. The van der Waals surface area contributed by atoms with Gasteiger partial charge in [0.05, 0.1) is 22.3 Å². The number of fused-ring (bicyclic) bond motifs is 1. The molecule has 0 aliphatic rings. The Balaban J connectivity index is 2.54. The predicted molar refractivity (Wildman–Crippen MR) is 75.4 cm³/mol. The van der Waals surface area contributed by atoms with Crippen LogP contribution in [0, 0.1) is 0 Å². The number of carboxylic acid groups (broad SMARTS) is 2. The molecule has 1 aromatic heterocycles. The minimum Gasteiger partial charge on any atom is -0.507 e. The van der Waals surface area contributed by atoms with Crippen molar-refractivity contribution in [3.8, 4) is 5.75 Å². The number of hydrogen-bond donors (Lipinski definition) is 5. The summed E-state index contributed by atoms with van der Waals surface area (Å²) in [6.45, 7) is 0. The number of aromatic carboxylic acids is 1. The lowest BCUT2D eigenvalue weighted by Gasteiger charge is -2.08. The zero-order chi connectivity index (χ0) is 15.6. The van der Waals surface area contributed by atoms with Crippen LogP contribution in [0.1, 0.15) is 16.8 Å². The van der Waals surface area contributed by atoms with E-state index in [1.54, 1.807) is 0 Å². The molecule has 0 fully saturated rings. The highest BCUT2D eigenvalue weighted by Gasteiger charge is 2.20. The maximum atomic E-state index is 11.3. The first-order chi connectivity index (χ1) is 9.90. The first-order valence-electron chi connectivity index (χ1n) is 5.51. The summed E-state index contributed by atoms with van der Waals surface area (Å²) in [7, 11) is 0. The van der Waals surface area contributed by atoms with Crippen molar-refractivity contribution in [3.05, 3.63) is 21.3 Å². The third-order valence-electron chi connectivity index (χ3n) is 2.45. The monoisotopic (exact) mass is 311 g/mol. The number of carbonyl (C=O) groups is 2. The lowest BCUT2D eigenvalue weighted by atomic mass is 10.1. The molecule has 9 nitrogen and oxygen atoms in total. The molecule has 1 aromatic carbocycles. The molecule has 10 heteroatoms. The molecule has 21 heavy (non-hydrogen) atoms. The molecular formula is C11H9N3O6S. The highest BCUT2D eigenvalue weighted by Crippen LogP contribution is 2.34. The zero-order valence-corrected chi connectivity index (χ0v) is 11.1. The maximum absolute atomic E-state index is 11.3. The Morgan fingerprint density at radius 2 is 2.14 bits per heavy atom. The quantitative estimate of drug-likeness (QED) is 0.405. The fourth-order valence-corrected chi connectivity index (χ4v) is 2.42. The Morgan fingerprint density at radius 3 is 2.76 bits per heavy atom. The number of aromatic nitrogens is 1. The molecule has 0 saturated heterocycles. The van der Waals surface area contributed by atoms with E-state index in [2.05, 4.69) is 15.5 Å². The summed E-state index contributed by atoms with van der Waals surface area (Å²) in [4.78, 5) is 34.9. The van der Waals surface area contributed by atoms with E-state index in [0.29, 0.717) is 4.70 Å². The fraction of sp³-hybridized carbons (Fsp3) is 0.0909. The third kappa shape index (κ3) is 3.00. The topological polar surface area (TPSA) is 152 Å². The maximum Gasteiger partial charge on any atom is 0.341 e. The van der Waals surface area contributed by atoms with E-state index >= 15 is 0 Å². The van der Waals surface area contributed by atoms with Crippen LogP contribution in [0.3, 0.4) is 0 Å². The van der Waals surface area contributed by atoms with E-state index < -0.39 is 28.1 Å². The van der Waals surface area contributed by atoms with Crippen molar-refractivity contribution < 1.29 is 24.9 Å². The third-order valence-corrected chi connectivity index (χ3v) is 3.28. The van der Waals surface area contributed by atoms with Crippen LogP contribution in [0.2, 0.25) is 0 Å². The second kappa shape index (κ2) is 5.63. The Morgan fingerprint density at radius 1 is 1.43 bits per heavy atom. The van der Waals surface area contributed by atoms with Crippen LogP contribution in [-0.2, 0) is 4.79 Å². The molecule has 0 aliphatic carbocycles. The van der Waals surface area contributed by atoms with Gasteiger partial charge in [-0.15, -0.1) is 0 Å². The lowest BCUT2D eigenvalue weighted by Crippen LogP contribution is -2.05. The first kappa shape index (κ1) is 14.5. The number of nitrogens with zero attached hydrogens (tertiary/aromatic N) is 1.